The number of aryl methyl sites for hydroxylation is 1. The van der Waals surface area contributed by atoms with E-state index in [9.17, 15) is 4.79 Å². The predicted octanol–water partition coefficient (Wildman–Crippen LogP) is 1.82. The average Bonchev–Trinajstić information content (AvgIpc) is 2.85. The minimum Gasteiger partial charge on any atom is -0.481 e. The summed E-state index contributed by atoms with van der Waals surface area (Å²) in [5.41, 5.74) is 8.06. The second kappa shape index (κ2) is 5.46. The third-order valence-corrected chi connectivity index (χ3v) is 2.58. The minimum atomic E-state index is -0.841. The van der Waals surface area contributed by atoms with Crippen LogP contribution in [-0.2, 0) is 17.8 Å². The van der Waals surface area contributed by atoms with Gasteiger partial charge in [-0.15, -0.1) is 0 Å². The lowest BCUT2D eigenvalue weighted by atomic mass is 10.1. The molecule has 2 aromatic rings. The standard InChI is InChI=1S/C13H14N2O3/c14-7-9-1-3-10(4-2-9)13-15-11(8-18-13)5-6-12(16)17/h1-4,8H,5-7,14H2,(H,16,17). The average molecular weight is 246 g/mol. The van der Waals surface area contributed by atoms with Gasteiger partial charge < -0.3 is 15.3 Å². The van der Waals surface area contributed by atoms with Crippen molar-refractivity contribution in [2.75, 3.05) is 0 Å². The highest BCUT2D eigenvalue weighted by Gasteiger charge is 2.08. The van der Waals surface area contributed by atoms with Gasteiger partial charge in [0.15, 0.2) is 0 Å². The Balaban J connectivity index is 2.10. The molecule has 1 aromatic carbocycles. The fourth-order valence-electron chi connectivity index (χ4n) is 1.57. The summed E-state index contributed by atoms with van der Waals surface area (Å²) in [6, 6.07) is 7.59. The molecule has 94 valence electrons. The Bertz CT molecular complexity index is 531. The molecule has 0 aliphatic rings. The number of carboxylic acid groups (broad SMARTS) is 1. The normalized spacial score (nSPS) is 10.5. The summed E-state index contributed by atoms with van der Waals surface area (Å²) in [6.07, 6.45) is 1.92. The molecular formula is C13H14N2O3. The Morgan fingerprint density at radius 1 is 1.33 bits per heavy atom. The van der Waals surface area contributed by atoms with Crippen LogP contribution in [0.4, 0.5) is 0 Å². The van der Waals surface area contributed by atoms with Crippen LogP contribution in [0.3, 0.4) is 0 Å². The number of aliphatic carboxylic acids is 1. The van der Waals surface area contributed by atoms with E-state index in [2.05, 4.69) is 4.98 Å². The van der Waals surface area contributed by atoms with E-state index < -0.39 is 5.97 Å². The van der Waals surface area contributed by atoms with Crippen LogP contribution < -0.4 is 5.73 Å². The van der Waals surface area contributed by atoms with Crippen molar-refractivity contribution in [3.63, 3.8) is 0 Å². The van der Waals surface area contributed by atoms with Crippen LogP contribution in [0.2, 0.25) is 0 Å². The van der Waals surface area contributed by atoms with Gasteiger partial charge in [0.2, 0.25) is 5.89 Å². The summed E-state index contributed by atoms with van der Waals surface area (Å²) in [7, 11) is 0. The summed E-state index contributed by atoms with van der Waals surface area (Å²) in [6.45, 7) is 0.496. The number of rotatable bonds is 5. The fraction of sp³-hybridized carbons (Fsp3) is 0.231. The molecular weight excluding hydrogens is 232 g/mol. The molecule has 0 aliphatic heterocycles. The maximum absolute atomic E-state index is 10.4. The second-order valence-electron chi connectivity index (χ2n) is 3.94. The van der Waals surface area contributed by atoms with E-state index in [-0.39, 0.29) is 6.42 Å². The lowest BCUT2D eigenvalue weighted by molar-refractivity contribution is -0.136. The molecule has 3 N–H and O–H groups in total. The molecule has 0 amide bonds. The molecule has 2 rings (SSSR count). The fourth-order valence-corrected chi connectivity index (χ4v) is 1.57. The van der Waals surface area contributed by atoms with Gasteiger partial charge in [0.25, 0.3) is 0 Å². The maximum Gasteiger partial charge on any atom is 0.303 e. The summed E-state index contributed by atoms with van der Waals surface area (Å²) < 4.78 is 5.32. The van der Waals surface area contributed by atoms with Crippen LogP contribution in [0.1, 0.15) is 17.7 Å². The van der Waals surface area contributed by atoms with Crippen molar-refractivity contribution in [2.24, 2.45) is 5.73 Å². The van der Waals surface area contributed by atoms with E-state index in [1.165, 1.54) is 6.26 Å². The van der Waals surface area contributed by atoms with Gasteiger partial charge in [-0.05, 0) is 17.7 Å². The molecule has 0 unspecified atom stereocenters. The highest BCUT2D eigenvalue weighted by molar-refractivity contribution is 5.67. The van der Waals surface area contributed by atoms with Crippen LogP contribution in [-0.4, -0.2) is 16.1 Å². The lowest BCUT2D eigenvalue weighted by Crippen LogP contribution is -1.97. The number of carbonyl (C=O) groups is 1. The van der Waals surface area contributed by atoms with Gasteiger partial charge in [0.05, 0.1) is 12.1 Å². The zero-order valence-corrected chi connectivity index (χ0v) is 9.80. The van der Waals surface area contributed by atoms with Crippen LogP contribution in [0.5, 0.6) is 0 Å². The topological polar surface area (TPSA) is 89.3 Å². The van der Waals surface area contributed by atoms with Crippen molar-refractivity contribution >= 4 is 5.97 Å². The minimum absolute atomic E-state index is 0.0537. The molecule has 0 bridgehead atoms. The molecule has 1 aromatic heterocycles. The van der Waals surface area contributed by atoms with E-state index in [1.807, 2.05) is 24.3 Å². The zero-order chi connectivity index (χ0) is 13.0. The molecule has 0 aliphatic carbocycles. The lowest BCUT2D eigenvalue weighted by Gasteiger charge is -1.98. The van der Waals surface area contributed by atoms with E-state index >= 15 is 0 Å². The number of oxazole rings is 1. The van der Waals surface area contributed by atoms with Gasteiger partial charge in [0, 0.05) is 18.5 Å². The van der Waals surface area contributed by atoms with Crippen molar-refractivity contribution in [3.8, 4) is 11.5 Å². The third-order valence-electron chi connectivity index (χ3n) is 2.58. The first kappa shape index (κ1) is 12.3. The molecule has 0 fully saturated rings. The van der Waals surface area contributed by atoms with Gasteiger partial charge in [-0.1, -0.05) is 12.1 Å². The molecule has 0 atom stereocenters. The van der Waals surface area contributed by atoms with E-state index in [4.69, 9.17) is 15.3 Å². The largest absolute Gasteiger partial charge is 0.481 e. The Kier molecular flexibility index (Phi) is 3.74. The number of hydrogen-bond donors (Lipinski definition) is 2. The Labute approximate surface area is 104 Å². The van der Waals surface area contributed by atoms with E-state index in [0.717, 1.165) is 11.1 Å². The Hall–Kier alpha value is -2.14. The molecule has 1 heterocycles. The molecule has 5 nitrogen and oxygen atoms in total. The first-order chi connectivity index (χ1) is 8.69. The number of nitrogens with zero attached hydrogens (tertiary/aromatic N) is 1. The smallest absolute Gasteiger partial charge is 0.303 e. The summed E-state index contributed by atoms with van der Waals surface area (Å²) in [5, 5.41) is 8.59. The summed E-state index contributed by atoms with van der Waals surface area (Å²) in [5.74, 6) is -0.342. The quantitative estimate of drug-likeness (QED) is 0.839. The van der Waals surface area contributed by atoms with Crippen molar-refractivity contribution in [1.82, 2.24) is 4.98 Å². The monoisotopic (exact) mass is 246 g/mol. The van der Waals surface area contributed by atoms with Crippen molar-refractivity contribution in [2.45, 2.75) is 19.4 Å². The van der Waals surface area contributed by atoms with Gasteiger partial charge in [-0.25, -0.2) is 4.98 Å². The number of carboxylic acids is 1. The predicted molar refractivity (Wildman–Crippen MR) is 65.8 cm³/mol. The Morgan fingerprint density at radius 2 is 2.06 bits per heavy atom. The SMILES string of the molecule is NCc1ccc(-c2nc(CCC(=O)O)co2)cc1. The molecule has 0 saturated heterocycles. The maximum atomic E-state index is 10.4. The number of benzene rings is 1. The van der Waals surface area contributed by atoms with E-state index in [1.54, 1.807) is 0 Å². The van der Waals surface area contributed by atoms with Crippen molar-refractivity contribution in [1.29, 1.82) is 0 Å². The van der Waals surface area contributed by atoms with Crippen LogP contribution >= 0.6 is 0 Å². The summed E-state index contributed by atoms with van der Waals surface area (Å²) >= 11 is 0. The van der Waals surface area contributed by atoms with Gasteiger partial charge >= 0.3 is 5.97 Å². The van der Waals surface area contributed by atoms with Gasteiger partial charge in [-0.3, -0.25) is 4.79 Å². The molecule has 0 spiro atoms. The Morgan fingerprint density at radius 3 is 2.67 bits per heavy atom. The second-order valence-corrected chi connectivity index (χ2v) is 3.94. The molecule has 0 saturated carbocycles. The van der Waals surface area contributed by atoms with Crippen LogP contribution in [0.25, 0.3) is 11.5 Å². The van der Waals surface area contributed by atoms with Crippen LogP contribution in [0.15, 0.2) is 34.9 Å². The first-order valence-electron chi connectivity index (χ1n) is 5.64. The number of nitrogens with two attached hydrogens (primary N) is 1. The van der Waals surface area contributed by atoms with Gasteiger partial charge in [0.1, 0.15) is 6.26 Å². The van der Waals surface area contributed by atoms with Crippen molar-refractivity contribution in [3.05, 3.63) is 41.8 Å². The van der Waals surface area contributed by atoms with Crippen molar-refractivity contribution < 1.29 is 14.3 Å². The number of aromatic nitrogens is 1. The molecule has 5 heteroatoms. The highest BCUT2D eigenvalue weighted by atomic mass is 16.4. The van der Waals surface area contributed by atoms with E-state index in [0.29, 0.717) is 24.6 Å². The highest BCUT2D eigenvalue weighted by Crippen LogP contribution is 2.19. The third kappa shape index (κ3) is 2.95. The molecule has 0 radical (unpaired) electrons. The van der Waals surface area contributed by atoms with Crippen LogP contribution in [0, 0.1) is 0 Å². The molecule has 18 heavy (non-hydrogen) atoms. The zero-order valence-electron chi connectivity index (χ0n) is 9.80. The number of hydrogen-bond acceptors (Lipinski definition) is 4. The first-order valence-corrected chi connectivity index (χ1v) is 5.64. The van der Waals surface area contributed by atoms with Gasteiger partial charge in [-0.2, -0.15) is 0 Å². The summed E-state index contributed by atoms with van der Waals surface area (Å²) in [4.78, 5) is 14.7.